The van der Waals surface area contributed by atoms with Crippen molar-refractivity contribution in [3.8, 4) is 22.3 Å². The summed E-state index contributed by atoms with van der Waals surface area (Å²) in [6.45, 7) is 4.59. The molecular weight excluding hydrogens is 741 g/mol. The number of benzene rings is 4. The number of nitrogens with two attached hydrogens (primary N) is 2. The van der Waals surface area contributed by atoms with Gasteiger partial charge in [-0.1, -0.05) is 79.8 Å². The van der Waals surface area contributed by atoms with Crippen molar-refractivity contribution in [1.82, 2.24) is 9.97 Å². The highest BCUT2D eigenvalue weighted by molar-refractivity contribution is 8.14. The molecule has 284 valence electrons. The van der Waals surface area contributed by atoms with Crippen LogP contribution in [-0.4, -0.2) is 43.5 Å². The number of thioether (sulfide) groups is 2. The molecule has 0 unspecified atom stereocenters. The first-order valence-corrected chi connectivity index (χ1v) is 19.9. The Morgan fingerprint density at radius 2 is 0.964 bits per heavy atom. The van der Waals surface area contributed by atoms with E-state index in [2.05, 4.69) is 20.6 Å². The van der Waals surface area contributed by atoms with Gasteiger partial charge in [-0.15, -0.1) is 0 Å². The molecule has 0 saturated heterocycles. The van der Waals surface area contributed by atoms with E-state index in [0.717, 1.165) is 44.9 Å². The summed E-state index contributed by atoms with van der Waals surface area (Å²) in [5.74, 6) is 1.04. The molecule has 2 aromatic heterocycles. The van der Waals surface area contributed by atoms with E-state index in [1.54, 1.807) is 67.3 Å². The number of rotatable bonds is 12. The SMILES string of the molecule is CCSC(=O)c1ccc(-c2cc(C(=O)Nc3ccncc3)ccc2CN)cc1.CCSC(=O)c1cccc(-c2cc(C(=O)Nc3ccncc3)ccc2CN)c1. The van der Waals surface area contributed by atoms with E-state index in [-0.39, 0.29) is 22.0 Å². The molecule has 4 aromatic carbocycles. The van der Waals surface area contributed by atoms with Crippen LogP contribution in [0.5, 0.6) is 0 Å². The zero-order valence-electron chi connectivity index (χ0n) is 31.0. The number of hydrogen-bond acceptors (Lipinski definition) is 10. The van der Waals surface area contributed by atoms with E-state index in [1.807, 2.05) is 80.6 Å². The lowest BCUT2D eigenvalue weighted by Crippen LogP contribution is -2.12. The van der Waals surface area contributed by atoms with Crippen LogP contribution in [0.4, 0.5) is 11.4 Å². The molecule has 0 fully saturated rings. The molecule has 0 aliphatic carbocycles. The minimum Gasteiger partial charge on any atom is -0.326 e. The quantitative estimate of drug-likeness (QED) is 0.0942. The molecule has 6 N–H and O–H groups in total. The van der Waals surface area contributed by atoms with E-state index in [4.69, 9.17) is 11.5 Å². The second-order valence-electron chi connectivity index (χ2n) is 12.1. The Hall–Kier alpha value is -5.92. The number of carbonyl (C=O) groups is 4. The fourth-order valence-electron chi connectivity index (χ4n) is 5.63. The topological polar surface area (TPSA) is 170 Å². The normalized spacial score (nSPS) is 10.5. The summed E-state index contributed by atoms with van der Waals surface area (Å²) in [5.41, 5.74) is 20.9. The summed E-state index contributed by atoms with van der Waals surface area (Å²) in [4.78, 5) is 57.4. The van der Waals surface area contributed by atoms with Crippen molar-refractivity contribution in [3.05, 3.63) is 167 Å². The highest BCUT2D eigenvalue weighted by atomic mass is 32.2. The van der Waals surface area contributed by atoms with Gasteiger partial charge in [0.05, 0.1) is 0 Å². The van der Waals surface area contributed by atoms with Gasteiger partial charge in [0.2, 0.25) is 10.2 Å². The lowest BCUT2D eigenvalue weighted by molar-refractivity contribution is 0.101. The minimum atomic E-state index is -0.218. The zero-order valence-corrected chi connectivity index (χ0v) is 32.7. The molecule has 0 atom stereocenters. The number of anilines is 2. The van der Waals surface area contributed by atoms with E-state index < -0.39 is 0 Å². The first kappa shape index (κ1) is 41.2. The minimum absolute atomic E-state index is 0.0326. The Morgan fingerprint density at radius 3 is 1.43 bits per heavy atom. The third-order valence-electron chi connectivity index (χ3n) is 8.45. The van der Waals surface area contributed by atoms with Crippen LogP contribution in [-0.2, 0) is 13.1 Å². The Labute approximate surface area is 334 Å². The predicted octanol–water partition coefficient (Wildman–Crippen LogP) is 8.71. The number of nitrogens with one attached hydrogen (secondary N) is 2. The van der Waals surface area contributed by atoms with E-state index in [1.165, 1.54) is 23.5 Å². The molecule has 10 nitrogen and oxygen atoms in total. The third kappa shape index (κ3) is 11.1. The molecular formula is C44H42N6O4S2. The van der Waals surface area contributed by atoms with Gasteiger partial charge in [0.25, 0.3) is 11.8 Å². The van der Waals surface area contributed by atoms with Crippen molar-refractivity contribution in [1.29, 1.82) is 0 Å². The molecule has 0 aliphatic heterocycles. The van der Waals surface area contributed by atoms with Crippen LogP contribution >= 0.6 is 23.5 Å². The van der Waals surface area contributed by atoms with E-state index >= 15 is 0 Å². The molecule has 0 spiro atoms. The van der Waals surface area contributed by atoms with E-state index in [0.29, 0.717) is 46.7 Å². The maximum Gasteiger partial charge on any atom is 0.255 e. The van der Waals surface area contributed by atoms with Gasteiger partial charge in [0, 0.05) is 71.5 Å². The van der Waals surface area contributed by atoms with Crippen molar-refractivity contribution in [2.75, 3.05) is 22.1 Å². The highest BCUT2D eigenvalue weighted by Gasteiger charge is 2.15. The summed E-state index contributed by atoms with van der Waals surface area (Å²) in [6.07, 6.45) is 6.49. The second kappa shape index (κ2) is 20.7. The molecule has 6 aromatic rings. The number of aromatic nitrogens is 2. The number of pyridine rings is 2. The molecule has 12 heteroatoms. The van der Waals surface area contributed by atoms with Gasteiger partial charge in [-0.3, -0.25) is 29.1 Å². The van der Waals surface area contributed by atoms with Gasteiger partial charge in [0.15, 0.2) is 0 Å². The molecule has 56 heavy (non-hydrogen) atoms. The maximum atomic E-state index is 12.6. The average molecular weight is 783 g/mol. The van der Waals surface area contributed by atoms with Gasteiger partial charge >= 0.3 is 0 Å². The smallest absolute Gasteiger partial charge is 0.255 e. The highest BCUT2D eigenvalue weighted by Crippen LogP contribution is 2.29. The zero-order chi connectivity index (χ0) is 39.9. The summed E-state index contributed by atoms with van der Waals surface area (Å²) < 4.78 is 0. The Balaban J connectivity index is 0.000000214. The van der Waals surface area contributed by atoms with Gasteiger partial charge in [-0.25, -0.2) is 0 Å². The molecule has 0 radical (unpaired) electrons. The van der Waals surface area contributed by atoms with Crippen LogP contribution in [0.3, 0.4) is 0 Å². The Bertz CT molecular complexity index is 2290. The number of amides is 2. The largest absolute Gasteiger partial charge is 0.326 e. The van der Waals surface area contributed by atoms with Gasteiger partial charge in [-0.2, -0.15) is 0 Å². The van der Waals surface area contributed by atoms with Gasteiger partial charge in [0.1, 0.15) is 0 Å². The molecule has 6 rings (SSSR count). The fraction of sp³-hybridized carbons (Fsp3) is 0.136. The third-order valence-corrected chi connectivity index (χ3v) is 10.0. The monoisotopic (exact) mass is 782 g/mol. The molecule has 0 aliphatic rings. The van der Waals surface area contributed by atoms with Crippen LogP contribution in [0.2, 0.25) is 0 Å². The van der Waals surface area contributed by atoms with Crippen molar-refractivity contribution >= 4 is 56.9 Å². The maximum absolute atomic E-state index is 12.6. The standard InChI is InChI=1S/2C22H21N3O2S/c1-2-28-22(27)16-5-3-15(4-6-16)20-13-17(7-8-18(20)14-23)21(26)25-19-9-11-24-12-10-19;1-2-28-22(27)17-5-3-4-15(12-17)20-13-16(6-7-18(20)14-23)21(26)25-19-8-10-24-11-9-19/h2*3-13H,2,14,23H2,1H3,(H,24,25,26). The molecule has 0 bridgehead atoms. The van der Waals surface area contributed by atoms with Crippen molar-refractivity contribution < 1.29 is 19.2 Å². The first-order chi connectivity index (χ1) is 27.2. The van der Waals surface area contributed by atoms with Crippen LogP contribution in [0.25, 0.3) is 22.3 Å². The molecule has 2 amide bonds. The van der Waals surface area contributed by atoms with E-state index in [9.17, 15) is 19.2 Å². The fourth-order valence-corrected chi connectivity index (χ4v) is 6.76. The van der Waals surface area contributed by atoms with Crippen LogP contribution in [0.15, 0.2) is 134 Å². The summed E-state index contributed by atoms with van der Waals surface area (Å²) in [5, 5.41) is 5.79. The van der Waals surface area contributed by atoms with Crippen LogP contribution in [0, 0.1) is 0 Å². The van der Waals surface area contributed by atoms with Crippen molar-refractivity contribution in [2.24, 2.45) is 11.5 Å². The second-order valence-corrected chi connectivity index (χ2v) is 14.6. The van der Waals surface area contributed by atoms with Crippen molar-refractivity contribution in [2.45, 2.75) is 26.9 Å². The van der Waals surface area contributed by atoms with Gasteiger partial charge in [-0.05, 0) is 112 Å². The summed E-state index contributed by atoms with van der Waals surface area (Å²) >= 11 is 2.56. The lowest BCUT2D eigenvalue weighted by atomic mass is 9.96. The van der Waals surface area contributed by atoms with Crippen LogP contribution in [0.1, 0.15) is 66.4 Å². The Morgan fingerprint density at radius 1 is 0.518 bits per heavy atom. The summed E-state index contributed by atoms with van der Waals surface area (Å²) in [6, 6.07) is 32.6. The Kier molecular flexibility index (Phi) is 15.2. The molecule has 0 saturated carbocycles. The average Bonchev–Trinajstić information content (AvgIpc) is 3.24. The van der Waals surface area contributed by atoms with Crippen molar-refractivity contribution in [3.63, 3.8) is 0 Å². The summed E-state index contributed by atoms with van der Waals surface area (Å²) in [7, 11) is 0. The predicted molar refractivity (Wildman–Crippen MR) is 229 cm³/mol. The van der Waals surface area contributed by atoms with Gasteiger partial charge < -0.3 is 22.1 Å². The number of carbonyl (C=O) groups excluding carboxylic acids is 4. The first-order valence-electron chi connectivity index (χ1n) is 17.9. The molecule has 2 heterocycles. The lowest BCUT2D eigenvalue weighted by Gasteiger charge is -2.12. The number of nitrogens with zero attached hydrogens (tertiary/aromatic N) is 2. The number of hydrogen-bond donors (Lipinski definition) is 4. The van der Waals surface area contributed by atoms with Crippen LogP contribution < -0.4 is 22.1 Å².